The number of rotatable bonds is 7. The van der Waals surface area contributed by atoms with Crippen LogP contribution < -0.4 is 0 Å². The maximum atomic E-state index is 13.5. The Hall–Kier alpha value is -3.25. The molecule has 1 saturated heterocycles. The first-order chi connectivity index (χ1) is 16.6. The number of benzene rings is 3. The summed E-state index contributed by atoms with van der Waals surface area (Å²) in [6.07, 6.45) is 3.89. The number of hydrogen-bond acceptors (Lipinski definition) is 4. The first-order valence-corrected chi connectivity index (χ1v) is 11.9. The third-order valence-corrected chi connectivity index (χ3v) is 6.97. The number of aromatic nitrogens is 1. The molecule has 0 aliphatic carbocycles. The molecule has 5 rings (SSSR count). The van der Waals surface area contributed by atoms with Crippen LogP contribution in [0.1, 0.15) is 54.3 Å². The molecule has 0 unspecified atom stereocenters. The third-order valence-electron chi connectivity index (χ3n) is 6.97. The highest BCUT2D eigenvalue weighted by molar-refractivity contribution is 5.81. The van der Waals surface area contributed by atoms with Crippen LogP contribution >= 0.6 is 0 Å². The van der Waals surface area contributed by atoms with Gasteiger partial charge in [-0.25, -0.2) is 8.78 Å². The lowest BCUT2D eigenvalue weighted by atomic mass is 9.87. The fourth-order valence-corrected chi connectivity index (χ4v) is 5.10. The Bertz CT molecular complexity index is 1180. The molecule has 1 fully saturated rings. The zero-order valence-electron chi connectivity index (χ0n) is 19.0. The minimum absolute atomic E-state index is 0.105. The summed E-state index contributed by atoms with van der Waals surface area (Å²) < 4.78 is 32.4. The van der Waals surface area contributed by atoms with Gasteiger partial charge < -0.3 is 14.5 Å². The summed E-state index contributed by atoms with van der Waals surface area (Å²) in [7, 11) is 0. The standard InChI is InChI=1S/C28H28F2N2O2/c29-22-7-3-19(4-8-22)25(20-5-9-23(30)10-6-20)2-1-15-32-16-13-21(14-17-32)28-26-18-24(33)11-12-27(26)34-31-28/h3-12,18,21,25,33H,1-2,13-17H2. The van der Waals surface area contributed by atoms with E-state index in [1.807, 2.05) is 24.3 Å². The number of hydrogen-bond donors (Lipinski definition) is 1. The van der Waals surface area contributed by atoms with Crippen LogP contribution in [0.2, 0.25) is 0 Å². The average molecular weight is 463 g/mol. The topological polar surface area (TPSA) is 49.5 Å². The van der Waals surface area contributed by atoms with Crippen LogP contribution in [-0.2, 0) is 0 Å². The lowest BCUT2D eigenvalue weighted by Crippen LogP contribution is -2.34. The zero-order valence-corrected chi connectivity index (χ0v) is 19.0. The van der Waals surface area contributed by atoms with E-state index in [-0.39, 0.29) is 23.3 Å². The minimum Gasteiger partial charge on any atom is -0.508 e. The number of phenolic OH excluding ortho intramolecular Hbond substituents is 1. The van der Waals surface area contributed by atoms with Gasteiger partial charge in [0.2, 0.25) is 0 Å². The molecule has 3 aromatic carbocycles. The smallest absolute Gasteiger partial charge is 0.167 e. The largest absolute Gasteiger partial charge is 0.508 e. The van der Waals surface area contributed by atoms with Crippen LogP contribution in [0.5, 0.6) is 5.75 Å². The highest BCUT2D eigenvalue weighted by Gasteiger charge is 2.25. The molecule has 176 valence electrons. The van der Waals surface area contributed by atoms with Crippen LogP contribution in [0.25, 0.3) is 11.0 Å². The number of aromatic hydroxyl groups is 1. The van der Waals surface area contributed by atoms with E-state index >= 15 is 0 Å². The van der Waals surface area contributed by atoms with Crippen LogP contribution in [-0.4, -0.2) is 34.8 Å². The van der Waals surface area contributed by atoms with Crippen molar-refractivity contribution in [1.29, 1.82) is 0 Å². The van der Waals surface area contributed by atoms with Gasteiger partial charge in [-0.3, -0.25) is 0 Å². The molecule has 0 amide bonds. The fourth-order valence-electron chi connectivity index (χ4n) is 5.10. The van der Waals surface area contributed by atoms with Gasteiger partial charge in [-0.1, -0.05) is 29.4 Å². The summed E-state index contributed by atoms with van der Waals surface area (Å²) in [6, 6.07) is 18.4. The predicted octanol–water partition coefficient (Wildman–Crippen LogP) is 6.60. The summed E-state index contributed by atoms with van der Waals surface area (Å²) in [5.41, 5.74) is 3.75. The number of likely N-dealkylation sites (tertiary alicyclic amines) is 1. The van der Waals surface area contributed by atoms with Crippen molar-refractivity contribution in [3.63, 3.8) is 0 Å². The maximum Gasteiger partial charge on any atom is 0.167 e. The Morgan fingerprint density at radius 1 is 0.912 bits per heavy atom. The molecule has 0 atom stereocenters. The molecule has 1 aliphatic rings. The summed E-state index contributed by atoms with van der Waals surface area (Å²) in [4.78, 5) is 2.47. The highest BCUT2D eigenvalue weighted by Crippen LogP contribution is 2.35. The molecule has 1 aliphatic heterocycles. The van der Waals surface area contributed by atoms with Gasteiger partial charge in [0.15, 0.2) is 5.58 Å². The monoisotopic (exact) mass is 462 g/mol. The molecule has 2 heterocycles. The Morgan fingerprint density at radius 3 is 2.15 bits per heavy atom. The minimum atomic E-state index is -0.250. The van der Waals surface area contributed by atoms with Gasteiger partial charge in [0.1, 0.15) is 17.4 Å². The first-order valence-electron chi connectivity index (χ1n) is 11.9. The molecular weight excluding hydrogens is 434 g/mol. The van der Waals surface area contributed by atoms with Gasteiger partial charge in [-0.2, -0.15) is 0 Å². The molecule has 0 spiro atoms. The van der Waals surface area contributed by atoms with Crippen molar-refractivity contribution >= 4 is 11.0 Å². The molecule has 0 saturated carbocycles. The summed E-state index contributed by atoms with van der Waals surface area (Å²) in [5.74, 6) is 0.156. The summed E-state index contributed by atoms with van der Waals surface area (Å²) in [5, 5.41) is 15.0. The molecule has 4 nitrogen and oxygen atoms in total. The van der Waals surface area contributed by atoms with Crippen molar-refractivity contribution in [3.05, 3.63) is 95.2 Å². The predicted molar refractivity (Wildman–Crippen MR) is 128 cm³/mol. The maximum absolute atomic E-state index is 13.5. The second kappa shape index (κ2) is 9.94. The molecule has 34 heavy (non-hydrogen) atoms. The number of nitrogens with zero attached hydrogens (tertiary/aromatic N) is 2. The lowest BCUT2D eigenvalue weighted by molar-refractivity contribution is 0.205. The quantitative estimate of drug-likeness (QED) is 0.336. The number of piperidine rings is 1. The Labute approximate surface area is 197 Å². The van der Waals surface area contributed by atoms with E-state index in [4.69, 9.17) is 4.52 Å². The van der Waals surface area contributed by atoms with Crippen LogP contribution in [0.4, 0.5) is 8.78 Å². The van der Waals surface area contributed by atoms with Gasteiger partial charge in [-0.15, -0.1) is 0 Å². The van der Waals surface area contributed by atoms with E-state index in [2.05, 4.69) is 10.1 Å². The van der Waals surface area contributed by atoms with E-state index in [0.29, 0.717) is 11.5 Å². The van der Waals surface area contributed by atoms with Gasteiger partial charge in [0, 0.05) is 17.2 Å². The summed E-state index contributed by atoms with van der Waals surface area (Å²) >= 11 is 0. The van der Waals surface area contributed by atoms with E-state index in [9.17, 15) is 13.9 Å². The summed E-state index contributed by atoms with van der Waals surface area (Å²) in [6.45, 7) is 2.94. The number of fused-ring (bicyclic) bond motifs is 1. The Kier molecular flexibility index (Phi) is 6.59. The van der Waals surface area contributed by atoms with Crippen LogP contribution in [0.15, 0.2) is 71.3 Å². The second-order valence-electron chi connectivity index (χ2n) is 9.16. The van der Waals surface area contributed by atoms with Crippen molar-refractivity contribution in [2.45, 2.75) is 37.5 Å². The fraction of sp³-hybridized carbons (Fsp3) is 0.321. The van der Waals surface area contributed by atoms with Crippen molar-refractivity contribution in [1.82, 2.24) is 10.1 Å². The first kappa shape index (κ1) is 22.5. The van der Waals surface area contributed by atoms with Crippen molar-refractivity contribution in [2.24, 2.45) is 0 Å². The highest BCUT2D eigenvalue weighted by atomic mass is 19.1. The zero-order chi connectivity index (χ0) is 23.5. The second-order valence-corrected chi connectivity index (χ2v) is 9.16. The van der Waals surface area contributed by atoms with Gasteiger partial charge in [0.25, 0.3) is 0 Å². The lowest BCUT2D eigenvalue weighted by Gasteiger charge is -2.31. The van der Waals surface area contributed by atoms with Crippen LogP contribution in [0, 0.1) is 11.6 Å². The van der Waals surface area contributed by atoms with Gasteiger partial charge >= 0.3 is 0 Å². The molecule has 6 heteroatoms. The van der Waals surface area contributed by atoms with Crippen molar-refractivity contribution < 1.29 is 18.4 Å². The molecule has 0 bridgehead atoms. The van der Waals surface area contributed by atoms with Crippen molar-refractivity contribution in [3.8, 4) is 5.75 Å². The Balaban J connectivity index is 1.19. The van der Waals surface area contributed by atoms with Crippen molar-refractivity contribution in [2.75, 3.05) is 19.6 Å². The van der Waals surface area contributed by atoms with Gasteiger partial charge in [-0.05, 0) is 98.9 Å². The Morgan fingerprint density at radius 2 is 1.53 bits per heavy atom. The van der Waals surface area contributed by atoms with Gasteiger partial charge in [0.05, 0.1) is 5.69 Å². The van der Waals surface area contributed by atoms with E-state index < -0.39 is 0 Å². The number of halogens is 2. The number of phenols is 1. The average Bonchev–Trinajstić information content (AvgIpc) is 3.27. The van der Waals surface area contributed by atoms with Crippen LogP contribution in [0.3, 0.4) is 0 Å². The van der Waals surface area contributed by atoms with E-state index in [1.54, 1.807) is 18.2 Å². The normalized spacial score (nSPS) is 15.4. The third kappa shape index (κ3) is 4.97. The molecule has 1 N–H and O–H groups in total. The van der Waals surface area contributed by atoms with E-state index in [0.717, 1.165) is 67.5 Å². The molecule has 0 radical (unpaired) electrons. The molecule has 1 aromatic heterocycles. The SMILES string of the molecule is Oc1ccc2onc(C3CCN(CCCC(c4ccc(F)cc4)c4ccc(F)cc4)CC3)c2c1. The molecule has 4 aromatic rings. The van der Waals surface area contributed by atoms with E-state index in [1.165, 1.54) is 24.3 Å². The molecular formula is C28H28F2N2O2.